The quantitative estimate of drug-likeness (QED) is 0.414. The second kappa shape index (κ2) is 8.99. The van der Waals surface area contributed by atoms with E-state index in [1.54, 1.807) is 31.4 Å². The van der Waals surface area contributed by atoms with Crippen molar-refractivity contribution in [2.24, 2.45) is 0 Å². The molecule has 0 aliphatic rings. The van der Waals surface area contributed by atoms with Gasteiger partial charge in [0.15, 0.2) is 5.78 Å². The lowest BCUT2D eigenvalue weighted by Crippen LogP contribution is -2.22. The van der Waals surface area contributed by atoms with Gasteiger partial charge in [0.2, 0.25) is 0 Å². The molecular weight excluding hydrogens is 340 g/mol. The molecule has 0 saturated heterocycles. The predicted molar refractivity (Wildman–Crippen MR) is 108 cm³/mol. The summed E-state index contributed by atoms with van der Waals surface area (Å²) < 4.78 is 10.6. The second-order valence-corrected chi connectivity index (χ2v) is 6.93. The highest BCUT2D eigenvalue weighted by Gasteiger charge is 2.14. The average Bonchev–Trinajstić information content (AvgIpc) is 2.64. The summed E-state index contributed by atoms with van der Waals surface area (Å²) in [4.78, 5) is 24.0. The second-order valence-electron chi connectivity index (χ2n) is 6.93. The Hall–Kier alpha value is -3.14. The molecule has 0 fully saturated rings. The molecule has 0 atom stereocenters. The summed E-state index contributed by atoms with van der Waals surface area (Å²) in [5.74, 6) is 0.120. The molecule has 0 unspecified atom stereocenters. The van der Waals surface area contributed by atoms with Gasteiger partial charge in [0.1, 0.15) is 11.4 Å². The number of esters is 1. The maximum atomic E-state index is 12.2. The van der Waals surface area contributed by atoms with Crippen molar-refractivity contribution in [3.63, 3.8) is 0 Å². The topological polar surface area (TPSA) is 52.6 Å². The summed E-state index contributed by atoms with van der Waals surface area (Å²) in [6, 6.07) is 14.6. The monoisotopic (exact) mass is 364 g/mol. The van der Waals surface area contributed by atoms with Crippen LogP contribution in [0.1, 0.15) is 42.3 Å². The van der Waals surface area contributed by atoms with E-state index in [4.69, 9.17) is 9.47 Å². The first-order valence-electron chi connectivity index (χ1n) is 8.65. The number of hydrogen-bond acceptors (Lipinski definition) is 4. The van der Waals surface area contributed by atoms with Crippen LogP contribution in [0.3, 0.4) is 0 Å². The van der Waals surface area contributed by atoms with Gasteiger partial charge in [0, 0.05) is 17.2 Å². The lowest BCUT2D eigenvalue weighted by molar-refractivity contribution is -0.148. The molecule has 0 bridgehead atoms. The van der Waals surface area contributed by atoms with Crippen LogP contribution in [0.2, 0.25) is 0 Å². The van der Waals surface area contributed by atoms with Crippen LogP contribution < -0.4 is 4.74 Å². The summed E-state index contributed by atoms with van der Waals surface area (Å²) in [7, 11) is 1.56. The smallest absolute Gasteiger partial charge is 0.331 e. The average molecular weight is 364 g/mol. The highest BCUT2D eigenvalue weighted by molar-refractivity contribution is 6.06. The Bertz CT molecular complexity index is 856. The van der Waals surface area contributed by atoms with Gasteiger partial charge >= 0.3 is 5.97 Å². The van der Waals surface area contributed by atoms with Crippen LogP contribution >= 0.6 is 0 Å². The Kier molecular flexibility index (Phi) is 6.72. The third-order valence-corrected chi connectivity index (χ3v) is 3.55. The van der Waals surface area contributed by atoms with Gasteiger partial charge in [0.05, 0.1) is 7.11 Å². The minimum atomic E-state index is -0.536. The summed E-state index contributed by atoms with van der Waals surface area (Å²) in [5, 5.41) is 0. The molecule has 0 aliphatic heterocycles. The molecule has 2 rings (SSSR count). The van der Waals surface area contributed by atoms with Gasteiger partial charge in [-0.1, -0.05) is 48.5 Å². The van der Waals surface area contributed by atoms with Gasteiger partial charge < -0.3 is 9.47 Å². The van der Waals surface area contributed by atoms with Crippen LogP contribution in [0.25, 0.3) is 12.2 Å². The Morgan fingerprint density at radius 1 is 0.926 bits per heavy atom. The van der Waals surface area contributed by atoms with Gasteiger partial charge in [-0.25, -0.2) is 4.79 Å². The number of carbonyl (C=O) groups excluding carboxylic acids is 2. The first kappa shape index (κ1) is 20.2. The molecule has 4 nitrogen and oxygen atoms in total. The molecule has 2 aromatic rings. The van der Waals surface area contributed by atoms with E-state index in [-0.39, 0.29) is 5.78 Å². The lowest BCUT2D eigenvalue weighted by Gasteiger charge is -2.17. The molecule has 0 heterocycles. The molecule has 0 spiro atoms. The molecule has 140 valence electrons. The molecule has 0 radical (unpaired) electrons. The summed E-state index contributed by atoms with van der Waals surface area (Å²) in [6.45, 7) is 5.45. The van der Waals surface area contributed by atoms with Gasteiger partial charge in [-0.15, -0.1) is 0 Å². The van der Waals surface area contributed by atoms with E-state index >= 15 is 0 Å². The fourth-order valence-electron chi connectivity index (χ4n) is 2.33. The van der Waals surface area contributed by atoms with Crippen LogP contribution in [0, 0.1) is 0 Å². The molecule has 0 aromatic heterocycles. The van der Waals surface area contributed by atoms with E-state index in [2.05, 4.69) is 0 Å². The summed E-state index contributed by atoms with van der Waals surface area (Å²) in [5.41, 5.74) is 1.67. The predicted octanol–water partition coefficient (Wildman–Crippen LogP) is 4.95. The highest BCUT2D eigenvalue weighted by Crippen LogP contribution is 2.23. The van der Waals surface area contributed by atoms with Crippen LogP contribution in [-0.4, -0.2) is 24.5 Å². The molecule has 0 amide bonds. The Morgan fingerprint density at radius 3 is 2.26 bits per heavy atom. The van der Waals surface area contributed by atoms with E-state index in [0.717, 1.165) is 11.1 Å². The fourth-order valence-corrected chi connectivity index (χ4v) is 2.33. The van der Waals surface area contributed by atoms with Crippen molar-refractivity contribution < 1.29 is 19.1 Å². The van der Waals surface area contributed by atoms with Crippen molar-refractivity contribution in [1.29, 1.82) is 0 Å². The van der Waals surface area contributed by atoms with Crippen molar-refractivity contribution in [1.82, 2.24) is 0 Å². The van der Waals surface area contributed by atoms with E-state index in [1.165, 1.54) is 12.2 Å². The Morgan fingerprint density at radius 2 is 1.63 bits per heavy atom. The minimum absolute atomic E-state index is 0.0662. The number of allylic oxidation sites excluding steroid dienone is 1. The number of ether oxygens (including phenoxy) is 2. The Balaban J connectivity index is 2.12. The molecular formula is C23H24O4. The van der Waals surface area contributed by atoms with Crippen LogP contribution in [0.4, 0.5) is 0 Å². The van der Waals surface area contributed by atoms with Crippen LogP contribution in [-0.2, 0) is 9.53 Å². The van der Waals surface area contributed by atoms with Crippen LogP contribution in [0.5, 0.6) is 5.75 Å². The number of methoxy groups -OCH3 is 1. The SMILES string of the molecule is COc1cc(/C=C/C(=O)c2ccccc2)ccc1/C=C/C(=O)OC(C)(C)C. The van der Waals surface area contributed by atoms with Crippen molar-refractivity contribution in [3.05, 3.63) is 77.4 Å². The lowest BCUT2D eigenvalue weighted by atomic mass is 10.1. The summed E-state index contributed by atoms with van der Waals surface area (Å²) >= 11 is 0. The number of hydrogen-bond donors (Lipinski definition) is 0. The maximum Gasteiger partial charge on any atom is 0.331 e. The third-order valence-electron chi connectivity index (χ3n) is 3.55. The standard InChI is InChI=1S/C23H24O4/c1-23(2,3)27-22(25)15-13-19-12-10-17(16-21(19)26-4)11-14-20(24)18-8-6-5-7-9-18/h5-16H,1-4H3/b14-11+,15-13+. The minimum Gasteiger partial charge on any atom is -0.496 e. The molecule has 27 heavy (non-hydrogen) atoms. The number of benzene rings is 2. The first-order chi connectivity index (χ1) is 12.8. The molecule has 0 saturated carbocycles. The number of rotatable bonds is 6. The van der Waals surface area contributed by atoms with Crippen molar-refractivity contribution in [2.45, 2.75) is 26.4 Å². The number of ketones is 1. The zero-order valence-corrected chi connectivity index (χ0v) is 16.1. The van der Waals surface area contributed by atoms with E-state index in [0.29, 0.717) is 11.3 Å². The van der Waals surface area contributed by atoms with Gasteiger partial charge in [-0.2, -0.15) is 0 Å². The molecule has 2 aromatic carbocycles. The third kappa shape index (κ3) is 6.59. The van der Waals surface area contributed by atoms with Crippen molar-refractivity contribution >= 4 is 23.9 Å². The Labute approximate surface area is 160 Å². The van der Waals surface area contributed by atoms with Crippen molar-refractivity contribution in [2.75, 3.05) is 7.11 Å². The van der Waals surface area contributed by atoms with E-state index in [9.17, 15) is 9.59 Å². The van der Waals surface area contributed by atoms with Gasteiger partial charge in [-0.3, -0.25) is 4.79 Å². The van der Waals surface area contributed by atoms with Crippen molar-refractivity contribution in [3.8, 4) is 5.75 Å². The zero-order valence-electron chi connectivity index (χ0n) is 16.1. The van der Waals surface area contributed by atoms with Gasteiger partial charge in [-0.05, 0) is 44.6 Å². The highest BCUT2D eigenvalue weighted by atomic mass is 16.6. The molecule has 0 aliphatic carbocycles. The molecule has 4 heteroatoms. The zero-order chi connectivity index (χ0) is 19.9. The fraction of sp³-hybridized carbons (Fsp3) is 0.217. The largest absolute Gasteiger partial charge is 0.496 e. The molecule has 0 N–H and O–H groups in total. The van der Waals surface area contributed by atoms with Crippen LogP contribution in [0.15, 0.2) is 60.7 Å². The van der Waals surface area contributed by atoms with E-state index in [1.807, 2.05) is 57.2 Å². The maximum absolute atomic E-state index is 12.2. The first-order valence-corrected chi connectivity index (χ1v) is 8.65. The van der Waals surface area contributed by atoms with Gasteiger partial charge in [0.25, 0.3) is 0 Å². The number of carbonyl (C=O) groups is 2. The normalized spacial score (nSPS) is 11.7. The van der Waals surface area contributed by atoms with E-state index < -0.39 is 11.6 Å². The summed E-state index contributed by atoms with van der Waals surface area (Å²) in [6.07, 6.45) is 6.28.